The quantitative estimate of drug-likeness (QED) is 0.435. The van der Waals surface area contributed by atoms with Gasteiger partial charge in [-0.1, -0.05) is 24.1 Å². The highest BCUT2D eigenvalue weighted by Crippen LogP contribution is 2.17. The average Bonchev–Trinajstić information content (AvgIpc) is 2.50. The Morgan fingerprint density at radius 1 is 1.19 bits per heavy atom. The first-order valence-electron chi connectivity index (χ1n) is 6.51. The standard InChI is InChI=1S/C15H18N2O3S/c1-2-11-20-15(19)17-10-9-16-14(18)8-12-21-13-6-4-3-5-7-13/h1,3-7H,8-12H2,(H,16,18)(H,17,19). The van der Waals surface area contributed by atoms with Gasteiger partial charge in [0.2, 0.25) is 5.91 Å². The molecule has 0 saturated heterocycles. The van der Waals surface area contributed by atoms with Gasteiger partial charge in [-0.3, -0.25) is 4.79 Å². The van der Waals surface area contributed by atoms with E-state index in [1.54, 1.807) is 11.8 Å². The van der Waals surface area contributed by atoms with Crippen molar-refractivity contribution < 1.29 is 14.3 Å². The smallest absolute Gasteiger partial charge is 0.408 e. The molecule has 0 unspecified atom stereocenters. The molecule has 0 bridgehead atoms. The molecule has 0 aliphatic rings. The van der Waals surface area contributed by atoms with E-state index in [9.17, 15) is 9.59 Å². The van der Waals surface area contributed by atoms with Gasteiger partial charge in [0.15, 0.2) is 6.61 Å². The molecule has 0 fully saturated rings. The summed E-state index contributed by atoms with van der Waals surface area (Å²) in [5.74, 6) is 2.86. The Balaban J connectivity index is 2.01. The van der Waals surface area contributed by atoms with E-state index < -0.39 is 6.09 Å². The molecule has 0 heterocycles. The summed E-state index contributed by atoms with van der Waals surface area (Å²) >= 11 is 1.63. The van der Waals surface area contributed by atoms with Crippen molar-refractivity contribution in [1.82, 2.24) is 10.6 Å². The lowest BCUT2D eigenvalue weighted by molar-refractivity contribution is -0.120. The van der Waals surface area contributed by atoms with Crippen LogP contribution in [0, 0.1) is 12.3 Å². The van der Waals surface area contributed by atoms with Crippen molar-refractivity contribution in [2.45, 2.75) is 11.3 Å². The highest BCUT2D eigenvalue weighted by molar-refractivity contribution is 7.99. The van der Waals surface area contributed by atoms with Gasteiger partial charge in [0.25, 0.3) is 0 Å². The third-order valence-electron chi connectivity index (χ3n) is 2.34. The van der Waals surface area contributed by atoms with Crippen molar-refractivity contribution >= 4 is 23.8 Å². The molecule has 1 aromatic rings. The zero-order valence-corrected chi connectivity index (χ0v) is 12.4. The maximum absolute atomic E-state index is 11.6. The fourth-order valence-corrected chi connectivity index (χ4v) is 2.26. The number of hydrogen-bond acceptors (Lipinski definition) is 4. The monoisotopic (exact) mass is 306 g/mol. The maximum atomic E-state index is 11.6. The predicted octanol–water partition coefficient (Wildman–Crippen LogP) is 1.64. The van der Waals surface area contributed by atoms with Gasteiger partial charge < -0.3 is 15.4 Å². The van der Waals surface area contributed by atoms with E-state index in [1.165, 1.54) is 0 Å². The number of ether oxygens (including phenoxy) is 1. The van der Waals surface area contributed by atoms with E-state index in [1.807, 2.05) is 30.3 Å². The van der Waals surface area contributed by atoms with Crippen molar-refractivity contribution in [1.29, 1.82) is 0 Å². The largest absolute Gasteiger partial charge is 0.436 e. The Bertz CT molecular complexity index is 485. The van der Waals surface area contributed by atoms with Gasteiger partial charge in [-0.05, 0) is 12.1 Å². The molecular formula is C15H18N2O3S. The minimum Gasteiger partial charge on any atom is -0.436 e. The van der Waals surface area contributed by atoms with Crippen molar-refractivity contribution in [3.8, 4) is 12.3 Å². The maximum Gasteiger partial charge on any atom is 0.408 e. The molecule has 2 amide bonds. The summed E-state index contributed by atoms with van der Waals surface area (Å²) in [7, 11) is 0. The molecule has 0 atom stereocenters. The molecule has 0 radical (unpaired) electrons. The summed E-state index contributed by atoms with van der Waals surface area (Å²) in [6.45, 7) is 0.607. The summed E-state index contributed by atoms with van der Waals surface area (Å²) in [6.07, 6.45) is 4.80. The van der Waals surface area contributed by atoms with Gasteiger partial charge in [0.05, 0.1) is 0 Å². The topological polar surface area (TPSA) is 67.4 Å². The number of amides is 2. The number of nitrogens with one attached hydrogen (secondary N) is 2. The summed E-state index contributed by atoms with van der Waals surface area (Å²) in [5, 5.41) is 5.20. The van der Waals surface area contributed by atoms with Gasteiger partial charge >= 0.3 is 6.09 Å². The molecule has 0 saturated carbocycles. The van der Waals surface area contributed by atoms with E-state index in [-0.39, 0.29) is 12.5 Å². The Labute approximate surface area is 128 Å². The molecule has 21 heavy (non-hydrogen) atoms. The highest BCUT2D eigenvalue weighted by Gasteiger charge is 2.03. The number of alkyl carbamates (subject to hydrolysis) is 1. The van der Waals surface area contributed by atoms with E-state index in [4.69, 9.17) is 6.42 Å². The second-order valence-corrected chi connectivity index (χ2v) is 5.14. The average molecular weight is 306 g/mol. The molecule has 112 valence electrons. The van der Waals surface area contributed by atoms with Crippen LogP contribution in [-0.4, -0.2) is 37.4 Å². The minimum atomic E-state index is -0.582. The summed E-state index contributed by atoms with van der Waals surface area (Å²) in [5.41, 5.74) is 0. The second kappa shape index (κ2) is 10.6. The Kier molecular flexibility index (Phi) is 8.57. The van der Waals surface area contributed by atoms with Crippen molar-refractivity contribution in [3.63, 3.8) is 0 Å². The van der Waals surface area contributed by atoms with Crippen LogP contribution in [0.15, 0.2) is 35.2 Å². The van der Waals surface area contributed by atoms with E-state index >= 15 is 0 Å². The highest BCUT2D eigenvalue weighted by atomic mass is 32.2. The van der Waals surface area contributed by atoms with E-state index in [0.29, 0.717) is 25.3 Å². The first kappa shape index (κ1) is 16.9. The van der Waals surface area contributed by atoms with Gasteiger partial charge in [-0.25, -0.2) is 4.79 Å². The normalized spacial score (nSPS) is 9.48. The fourth-order valence-electron chi connectivity index (χ4n) is 1.39. The number of hydrogen-bond donors (Lipinski definition) is 2. The summed E-state index contributed by atoms with van der Waals surface area (Å²) in [6, 6.07) is 9.90. The van der Waals surface area contributed by atoms with Gasteiger partial charge in [-0.2, -0.15) is 0 Å². The van der Waals surface area contributed by atoms with E-state index in [0.717, 1.165) is 4.90 Å². The molecule has 0 aliphatic carbocycles. The van der Waals surface area contributed by atoms with Crippen LogP contribution in [0.5, 0.6) is 0 Å². The molecule has 1 aromatic carbocycles. The Morgan fingerprint density at radius 3 is 2.62 bits per heavy atom. The first-order valence-corrected chi connectivity index (χ1v) is 7.49. The van der Waals surface area contributed by atoms with Crippen LogP contribution in [0.25, 0.3) is 0 Å². The molecule has 1 rings (SSSR count). The third-order valence-corrected chi connectivity index (χ3v) is 3.36. The van der Waals surface area contributed by atoms with E-state index in [2.05, 4.69) is 21.3 Å². The van der Waals surface area contributed by atoms with Crippen LogP contribution in [0.3, 0.4) is 0 Å². The predicted molar refractivity (Wildman–Crippen MR) is 83.0 cm³/mol. The van der Waals surface area contributed by atoms with Crippen molar-refractivity contribution in [3.05, 3.63) is 30.3 Å². The minimum absolute atomic E-state index is 0.0442. The summed E-state index contributed by atoms with van der Waals surface area (Å²) < 4.78 is 4.61. The number of benzene rings is 1. The number of carbonyl (C=O) groups is 2. The van der Waals surface area contributed by atoms with Crippen LogP contribution < -0.4 is 10.6 Å². The Morgan fingerprint density at radius 2 is 1.90 bits per heavy atom. The molecule has 0 aliphatic heterocycles. The zero-order valence-electron chi connectivity index (χ0n) is 11.6. The van der Waals surface area contributed by atoms with Crippen LogP contribution in [0.4, 0.5) is 4.79 Å². The van der Waals surface area contributed by atoms with Crippen LogP contribution in [0.2, 0.25) is 0 Å². The molecular weight excluding hydrogens is 288 g/mol. The second-order valence-electron chi connectivity index (χ2n) is 3.97. The van der Waals surface area contributed by atoms with Crippen molar-refractivity contribution in [2.24, 2.45) is 0 Å². The molecule has 5 nitrogen and oxygen atoms in total. The SMILES string of the molecule is C#CCOC(=O)NCCNC(=O)CCSc1ccccc1. The Hall–Kier alpha value is -2.13. The van der Waals surface area contributed by atoms with Gasteiger partial charge in [0.1, 0.15) is 0 Å². The van der Waals surface area contributed by atoms with Gasteiger partial charge in [-0.15, -0.1) is 18.2 Å². The number of thioether (sulfide) groups is 1. The van der Waals surface area contributed by atoms with Crippen LogP contribution in [0.1, 0.15) is 6.42 Å². The number of rotatable bonds is 8. The zero-order chi connectivity index (χ0) is 15.3. The molecule has 0 aromatic heterocycles. The van der Waals surface area contributed by atoms with Crippen LogP contribution in [-0.2, 0) is 9.53 Å². The number of terminal acetylenes is 1. The molecule has 6 heteroatoms. The van der Waals surface area contributed by atoms with Gasteiger partial charge in [0, 0.05) is 30.2 Å². The number of carbonyl (C=O) groups excluding carboxylic acids is 2. The third kappa shape index (κ3) is 8.60. The van der Waals surface area contributed by atoms with Crippen LogP contribution >= 0.6 is 11.8 Å². The lowest BCUT2D eigenvalue weighted by Crippen LogP contribution is -2.35. The lowest BCUT2D eigenvalue weighted by atomic mass is 10.4. The lowest BCUT2D eigenvalue weighted by Gasteiger charge is -2.06. The first-order chi connectivity index (χ1) is 10.2. The van der Waals surface area contributed by atoms with Crippen molar-refractivity contribution in [2.75, 3.05) is 25.4 Å². The summed E-state index contributed by atoms with van der Waals surface area (Å²) in [4.78, 5) is 23.7. The molecule has 2 N–H and O–H groups in total. The molecule has 0 spiro atoms. The fraction of sp³-hybridized carbons (Fsp3) is 0.333.